The average molecular weight is 386 g/mol. The van der Waals surface area contributed by atoms with Crippen LogP contribution in [0.4, 0.5) is 10.1 Å². The van der Waals surface area contributed by atoms with Crippen molar-refractivity contribution in [1.29, 1.82) is 0 Å². The molecule has 0 aliphatic carbocycles. The van der Waals surface area contributed by atoms with E-state index in [1.54, 1.807) is 12.1 Å². The summed E-state index contributed by atoms with van der Waals surface area (Å²) in [5.41, 5.74) is 3.08. The van der Waals surface area contributed by atoms with Gasteiger partial charge in [0.2, 0.25) is 0 Å². The van der Waals surface area contributed by atoms with Crippen molar-refractivity contribution >= 4 is 34.6 Å². The zero-order valence-corrected chi connectivity index (χ0v) is 15.5. The van der Waals surface area contributed by atoms with Crippen molar-refractivity contribution in [3.05, 3.63) is 89.0 Å². The van der Waals surface area contributed by atoms with E-state index in [-0.39, 0.29) is 11.9 Å². The zero-order chi connectivity index (χ0) is 18.1. The van der Waals surface area contributed by atoms with E-state index in [1.807, 2.05) is 24.3 Å². The first-order valence-electron chi connectivity index (χ1n) is 8.35. The molecule has 1 N–H and O–H groups in total. The van der Waals surface area contributed by atoms with Crippen LogP contribution in [0.25, 0.3) is 0 Å². The van der Waals surface area contributed by atoms with Crippen LogP contribution < -0.4 is 5.32 Å². The molecule has 3 aromatic rings. The second-order valence-corrected chi connectivity index (χ2v) is 7.03. The molecular formula is C20H17ClFN3S. The number of fused-ring (bicyclic) bond motifs is 1. The molecule has 0 saturated carbocycles. The number of rotatable bonds is 2. The highest BCUT2D eigenvalue weighted by atomic mass is 35.5. The van der Waals surface area contributed by atoms with E-state index in [4.69, 9.17) is 23.8 Å². The minimum Gasteiger partial charge on any atom is -0.348 e. The first-order chi connectivity index (χ1) is 12.6. The van der Waals surface area contributed by atoms with Gasteiger partial charge in [0.25, 0.3) is 0 Å². The third-order valence-corrected chi connectivity index (χ3v) is 5.17. The summed E-state index contributed by atoms with van der Waals surface area (Å²) in [5, 5.41) is 4.55. The molecule has 0 bridgehead atoms. The molecule has 1 atom stereocenters. The summed E-state index contributed by atoms with van der Waals surface area (Å²) in [7, 11) is 0. The molecule has 3 nitrogen and oxygen atoms in total. The number of anilines is 1. The molecule has 0 amide bonds. The quantitative estimate of drug-likeness (QED) is 0.621. The smallest absolute Gasteiger partial charge is 0.174 e. The maximum absolute atomic E-state index is 13.1. The van der Waals surface area contributed by atoms with Gasteiger partial charge in [-0.1, -0.05) is 23.7 Å². The predicted octanol–water partition coefficient (Wildman–Crippen LogP) is 5.08. The van der Waals surface area contributed by atoms with Crippen LogP contribution in [0.1, 0.15) is 17.3 Å². The van der Waals surface area contributed by atoms with Crippen LogP contribution in [-0.4, -0.2) is 21.1 Å². The van der Waals surface area contributed by atoms with E-state index in [9.17, 15) is 4.39 Å². The minimum absolute atomic E-state index is 0.00327. The van der Waals surface area contributed by atoms with Crippen LogP contribution in [-0.2, 0) is 6.54 Å². The van der Waals surface area contributed by atoms with E-state index in [0.717, 1.165) is 24.3 Å². The van der Waals surface area contributed by atoms with Gasteiger partial charge < -0.3 is 14.8 Å². The summed E-state index contributed by atoms with van der Waals surface area (Å²) >= 11 is 11.7. The van der Waals surface area contributed by atoms with Crippen LogP contribution in [0.2, 0.25) is 5.02 Å². The van der Waals surface area contributed by atoms with Crippen molar-refractivity contribution < 1.29 is 4.39 Å². The summed E-state index contributed by atoms with van der Waals surface area (Å²) in [6, 6.07) is 18.2. The molecule has 1 aromatic heterocycles. The molecule has 2 aromatic carbocycles. The van der Waals surface area contributed by atoms with Gasteiger partial charge in [-0.05, 0) is 66.3 Å². The van der Waals surface area contributed by atoms with Crippen molar-refractivity contribution in [3.8, 4) is 0 Å². The summed E-state index contributed by atoms with van der Waals surface area (Å²) < 4.78 is 15.4. The van der Waals surface area contributed by atoms with E-state index in [2.05, 4.69) is 33.1 Å². The van der Waals surface area contributed by atoms with Crippen molar-refractivity contribution in [1.82, 2.24) is 9.47 Å². The molecule has 1 aliphatic heterocycles. The molecule has 6 heteroatoms. The van der Waals surface area contributed by atoms with Crippen LogP contribution >= 0.6 is 23.8 Å². The van der Waals surface area contributed by atoms with Gasteiger partial charge in [-0.15, -0.1) is 0 Å². The molecule has 2 heterocycles. The fraction of sp³-hybridized carbons (Fsp3) is 0.150. The number of hydrogen-bond acceptors (Lipinski definition) is 1. The second kappa shape index (κ2) is 7.09. The van der Waals surface area contributed by atoms with Crippen molar-refractivity contribution in [2.24, 2.45) is 0 Å². The van der Waals surface area contributed by atoms with E-state index in [0.29, 0.717) is 10.1 Å². The Bertz CT molecular complexity index is 921. The summed E-state index contributed by atoms with van der Waals surface area (Å²) in [5.74, 6) is -0.267. The lowest BCUT2D eigenvalue weighted by Gasteiger charge is -2.39. The summed E-state index contributed by atoms with van der Waals surface area (Å²) in [6.45, 7) is 1.64. The van der Waals surface area contributed by atoms with E-state index < -0.39 is 0 Å². The average Bonchev–Trinajstić information content (AvgIpc) is 3.12. The number of nitrogens with one attached hydrogen (secondary N) is 1. The molecule has 26 heavy (non-hydrogen) atoms. The molecule has 0 fully saturated rings. The Labute approximate surface area is 162 Å². The lowest BCUT2D eigenvalue weighted by Crippen LogP contribution is -2.44. The minimum atomic E-state index is -0.267. The van der Waals surface area contributed by atoms with Crippen molar-refractivity contribution in [2.75, 3.05) is 11.9 Å². The first-order valence-corrected chi connectivity index (χ1v) is 9.14. The third kappa shape index (κ3) is 3.32. The number of halogens is 2. The lowest BCUT2D eigenvalue weighted by atomic mass is 10.0. The SMILES string of the molecule is Fc1ccc(NC(=S)N2CCn3cccc3[C@H]2c2ccc(Cl)cc2)cc1. The molecule has 0 spiro atoms. The molecule has 0 radical (unpaired) electrons. The topological polar surface area (TPSA) is 20.2 Å². The Hall–Kier alpha value is -2.37. The monoisotopic (exact) mass is 385 g/mol. The van der Waals surface area contributed by atoms with Gasteiger partial charge in [0, 0.05) is 35.7 Å². The highest BCUT2D eigenvalue weighted by molar-refractivity contribution is 7.80. The largest absolute Gasteiger partial charge is 0.348 e. The molecule has 4 rings (SSSR count). The van der Waals surface area contributed by atoms with Gasteiger partial charge in [-0.25, -0.2) is 4.39 Å². The molecular weight excluding hydrogens is 369 g/mol. The molecule has 1 aliphatic rings. The fourth-order valence-electron chi connectivity index (χ4n) is 3.33. The fourth-order valence-corrected chi connectivity index (χ4v) is 3.77. The Morgan fingerprint density at radius 2 is 1.77 bits per heavy atom. The molecule has 0 unspecified atom stereocenters. The summed E-state index contributed by atoms with van der Waals surface area (Å²) in [6.07, 6.45) is 2.09. The van der Waals surface area contributed by atoms with Crippen LogP contribution in [0.3, 0.4) is 0 Å². The van der Waals surface area contributed by atoms with Crippen molar-refractivity contribution in [3.63, 3.8) is 0 Å². The highest BCUT2D eigenvalue weighted by Crippen LogP contribution is 2.33. The van der Waals surface area contributed by atoms with E-state index in [1.165, 1.54) is 17.8 Å². The maximum Gasteiger partial charge on any atom is 0.174 e. The molecule has 0 saturated heterocycles. The van der Waals surface area contributed by atoms with Gasteiger partial charge >= 0.3 is 0 Å². The van der Waals surface area contributed by atoms with Crippen LogP contribution in [0, 0.1) is 5.82 Å². The Morgan fingerprint density at radius 3 is 2.50 bits per heavy atom. The third-order valence-electron chi connectivity index (χ3n) is 4.58. The second-order valence-electron chi connectivity index (χ2n) is 6.21. The van der Waals surface area contributed by atoms with Gasteiger partial charge in [0.05, 0.1) is 6.04 Å². The Morgan fingerprint density at radius 1 is 1.04 bits per heavy atom. The number of hydrogen-bond donors (Lipinski definition) is 1. The number of aromatic nitrogens is 1. The standard InChI is InChI=1S/C20H17ClFN3S/c21-15-5-3-14(4-6-15)19-18-2-1-11-24(18)12-13-25(19)20(26)23-17-9-7-16(22)8-10-17/h1-11,19H,12-13H2,(H,23,26)/t19-/m1/s1. The lowest BCUT2D eigenvalue weighted by molar-refractivity contribution is 0.293. The number of benzene rings is 2. The maximum atomic E-state index is 13.1. The van der Waals surface area contributed by atoms with Crippen LogP contribution in [0.15, 0.2) is 66.9 Å². The highest BCUT2D eigenvalue weighted by Gasteiger charge is 2.30. The van der Waals surface area contributed by atoms with Crippen LogP contribution in [0.5, 0.6) is 0 Å². The van der Waals surface area contributed by atoms with Gasteiger partial charge in [0.15, 0.2) is 5.11 Å². The van der Waals surface area contributed by atoms with Gasteiger partial charge in [-0.2, -0.15) is 0 Å². The summed E-state index contributed by atoms with van der Waals surface area (Å²) in [4.78, 5) is 2.16. The predicted molar refractivity (Wildman–Crippen MR) is 107 cm³/mol. The Balaban J connectivity index is 1.66. The zero-order valence-electron chi connectivity index (χ0n) is 13.9. The van der Waals surface area contributed by atoms with Crippen molar-refractivity contribution in [2.45, 2.75) is 12.6 Å². The van der Waals surface area contributed by atoms with Gasteiger partial charge in [-0.3, -0.25) is 0 Å². The number of nitrogens with zero attached hydrogens (tertiary/aromatic N) is 2. The van der Waals surface area contributed by atoms with E-state index >= 15 is 0 Å². The molecule has 132 valence electrons. The van der Waals surface area contributed by atoms with Gasteiger partial charge in [0.1, 0.15) is 5.82 Å². The Kier molecular flexibility index (Phi) is 4.66. The first kappa shape index (κ1) is 17.1. The normalized spacial score (nSPS) is 16.2. The number of thiocarbonyl (C=S) groups is 1.